The summed E-state index contributed by atoms with van der Waals surface area (Å²) in [7, 11) is 0. The van der Waals surface area contributed by atoms with Crippen molar-refractivity contribution >= 4 is 45.2 Å². The Morgan fingerprint density at radius 1 is 1.26 bits per heavy atom. The molecular formula is C23H28BrN7. The van der Waals surface area contributed by atoms with E-state index in [1.165, 1.54) is 5.69 Å². The fourth-order valence-corrected chi connectivity index (χ4v) is 4.26. The lowest BCUT2D eigenvalue weighted by Crippen LogP contribution is -2.47. The van der Waals surface area contributed by atoms with Crippen LogP contribution in [0.1, 0.15) is 37.6 Å². The number of amidine groups is 1. The maximum absolute atomic E-state index is 5.11. The number of hydrogen-bond acceptors (Lipinski definition) is 5. The largest absolute Gasteiger partial charge is 0.354 e. The lowest BCUT2D eigenvalue weighted by Gasteiger charge is -2.31. The molecule has 1 fully saturated rings. The van der Waals surface area contributed by atoms with Crippen molar-refractivity contribution in [2.24, 2.45) is 9.98 Å². The van der Waals surface area contributed by atoms with Crippen LogP contribution in [0.5, 0.6) is 0 Å². The highest BCUT2D eigenvalue weighted by Gasteiger charge is 2.22. The van der Waals surface area contributed by atoms with Gasteiger partial charge in [-0.15, -0.1) is 0 Å². The van der Waals surface area contributed by atoms with Gasteiger partial charge in [0.15, 0.2) is 0 Å². The summed E-state index contributed by atoms with van der Waals surface area (Å²) in [6, 6.07) is 4.26. The number of nitrogens with zero attached hydrogens (tertiary/aromatic N) is 5. The van der Waals surface area contributed by atoms with Gasteiger partial charge in [-0.1, -0.05) is 20.8 Å². The fraction of sp³-hybridized carbons (Fsp3) is 0.391. The average molecular weight is 482 g/mol. The minimum atomic E-state index is 0.0274. The van der Waals surface area contributed by atoms with E-state index in [0.29, 0.717) is 6.54 Å². The summed E-state index contributed by atoms with van der Waals surface area (Å²) in [5.41, 5.74) is 4.90. The number of H-pyrrole nitrogens is 1. The van der Waals surface area contributed by atoms with Crippen LogP contribution in [0.15, 0.2) is 45.2 Å². The van der Waals surface area contributed by atoms with Crippen molar-refractivity contribution in [1.29, 1.82) is 0 Å². The molecular weight excluding hydrogens is 454 g/mol. The van der Waals surface area contributed by atoms with Gasteiger partial charge in [-0.3, -0.25) is 15.0 Å². The van der Waals surface area contributed by atoms with E-state index in [9.17, 15) is 0 Å². The quantitative estimate of drug-likeness (QED) is 0.432. The number of piperazine rings is 1. The summed E-state index contributed by atoms with van der Waals surface area (Å²) < 4.78 is 0.867. The third kappa shape index (κ3) is 4.55. The summed E-state index contributed by atoms with van der Waals surface area (Å²) in [4.78, 5) is 23.9. The first kappa shape index (κ1) is 21.6. The Labute approximate surface area is 191 Å². The molecule has 4 rings (SSSR count). The van der Waals surface area contributed by atoms with Crippen LogP contribution in [0.25, 0.3) is 11.0 Å². The van der Waals surface area contributed by atoms with E-state index in [-0.39, 0.29) is 5.41 Å². The molecule has 0 atom stereocenters. The highest BCUT2D eigenvalue weighted by Crippen LogP contribution is 2.30. The molecule has 0 bridgehead atoms. The summed E-state index contributed by atoms with van der Waals surface area (Å²) in [6.07, 6.45) is 5.37. The molecule has 1 aliphatic heterocycles. The second kappa shape index (κ2) is 8.88. The molecule has 4 heterocycles. The number of fused-ring (bicyclic) bond motifs is 1. The molecule has 0 aliphatic carbocycles. The number of hydrogen-bond donors (Lipinski definition) is 2. The molecule has 1 saturated heterocycles. The molecule has 0 saturated carbocycles. The Kier molecular flexibility index (Phi) is 6.20. The van der Waals surface area contributed by atoms with E-state index in [0.717, 1.165) is 64.3 Å². The van der Waals surface area contributed by atoms with E-state index in [2.05, 4.69) is 85.7 Å². The topological polar surface area (TPSA) is 81.6 Å². The van der Waals surface area contributed by atoms with Gasteiger partial charge in [-0.2, -0.15) is 0 Å². The second-order valence-electron chi connectivity index (χ2n) is 8.72. The van der Waals surface area contributed by atoms with E-state index in [1.54, 1.807) is 12.4 Å². The van der Waals surface area contributed by atoms with E-state index >= 15 is 0 Å². The first-order valence-corrected chi connectivity index (χ1v) is 11.3. The Morgan fingerprint density at radius 2 is 2.03 bits per heavy atom. The lowest BCUT2D eigenvalue weighted by molar-refractivity contribution is 0.357. The Morgan fingerprint density at radius 3 is 2.74 bits per heavy atom. The molecule has 31 heavy (non-hydrogen) atoms. The van der Waals surface area contributed by atoms with Gasteiger partial charge in [0, 0.05) is 59.5 Å². The van der Waals surface area contributed by atoms with Gasteiger partial charge in [-0.25, -0.2) is 4.98 Å². The number of nitrogens with one attached hydrogen (secondary N) is 2. The van der Waals surface area contributed by atoms with Crippen LogP contribution in [-0.4, -0.2) is 58.6 Å². The van der Waals surface area contributed by atoms with Gasteiger partial charge in [0.25, 0.3) is 0 Å². The molecule has 7 nitrogen and oxygen atoms in total. The van der Waals surface area contributed by atoms with Crippen molar-refractivity contribution in [2.75, 3.05) is 26.2 Å². The van der Waals surface area contributed by atoms with Crippen LogP contribution in [0.4, 0.5) is 5.69 Å². The van der Waals surface area contributed by atoms with Gasteiger partial charge in [0.2, 0.25) is 0 Å². The zero-order valence-electron chi connectivity index (χ0n) is 18.2. The SMILES string of the molecule is C=Nc1cncc(Br)c1C(=NCc1ccnc2[nH]c(C(C)(C)C)cc12)N1CCNCC1. The van der Waals surface area contributed by atoms with Crippen molar-refractivity contribution < 1.29 is 0 Å². The van der Waals surface area contributed by atoms with Crippen LogP contribution in [0.2, 0.25) is 0 Å². The number of halogens is 1. The van der Waals surface area contributed by atoms with E-state index in [4.69, 9.17) is 4.99 Å². The Bertz CT molecular complexity index is 1120. The average Bonchev–Trinajstić information content (AvgIpc) is 3.21. The normalized spacial score (nSPS) is 15.5. The molecule has 3 aromatic rings. The standard InChI is InChI=1S/C23H28BrN7/c1-23(2,3)19-11-16-15(5-6-28-21(16)30-19)12-29-22(31-9-7-26-8-10-31)20-17(24)13-27-14-18(20)25-4/h5-6,11,13-14,26H,4,7-10,12H2,1-3H3,(H,28,30). The summed E-state index contributed by atoms with van der Waals surface area (Å²) >= 11 is 3.66. The highest BCUT2D eigenvalue weighted by atomic mass is 79.9. The summed E-state index contributed by atoms with van der Waals surface area (Å²) in [5, 5.41) is 4.53. The first-order valence-electron chi connectivity index (χ1n) is 10.5. The second-order valence-corrected chi connectivity index (χ2v) is 9.57. The molecule has 0 radical (unpaired) electrons. The zero-order chi connectivity index (χ0) is 22.0. The molecule has 3 aromatic heterocycles. The van der Waals surface area contributed by atoms with Gasteiger partial charge >= 0.3 is 0 Å². The molecule has 2 N–H and O–H groups in total. The number of pyridine rings is 2. The smallest absolute Gasteiger partial charge is 0.137 e. The van der Waals surface area contributed by atoms with Crippen molar-refractivity contribution in [1.82, 2.24) is 25.2 Å². The molecule has 0 amide bonds. The van der Waals surface area contributed by atoms with Crippen LogP contribution in [0.3, 0.4) is 0 Å². The molecule has 0 unspecified atom stereocenters. The number of aromatic nitrogens is 3. The summed E-state index contributed by atoms with van der Waals surface area (Å²) in [6.45, 7) is 14.5. The van der Waals surface area contributed by atoms with Gasteiger partial charge in [0.05, 0.1) is 24.0 Å². The number of aliphatic imine (C=N–C) groups is 2. The number of rotatable bonds is 4. The molecule has 0 aromatic carbocycles. The zero-order valence-corrected chi connectivity index (χ0v) is 19.8. The van der Waals surface area contributed by atoms with Crippen molar-refractivity contribution in [2.45, 2.75) is 32.7 Å². The number of aromatic amines is 1. The molecule has 8 heteroatoms. The first-order chi connectivity index (χ1) is 14.9. The summed E-state index contributed by atoms with van der Waals surface area (Å²) in [5.74, 6) is 0.912. The van der Waals surface area contributed by atoms with Crippen molar-refractivity contribution in [3.05, 3.63) is 52.0 Å². The van der Waals surface area contributed by atoms with Gasteiger partial charge in [-0.05, 0) is 40.3 Å². The van der Waals surface area contributed by atoms with Crippen LogP contribution in [0, 0.1) is 0 Å². The van der Waals surface area contributed by atoms with Crippen molar-refractivity contribution in [3.8, 4) is 0 Å². The fourth-order valence-electron chi connectivity index (χ4n) is 3.76. The maximum atomic E-state index is 5.11. The molecule has 0 spiro atoms. The third-order valence-corrected chi connectivity index (χ3v) is 6.12. The highest BCUT2D eigenvalue weighted by molar-refractivity contribution is 9.10. The molecule has 162 valence electrons. The van der Waals surface area contributed by atoms with Crippen LogP contribution in [-0.2, 0) is 12.0 Å². The predicted octanol–water partition coefficient (Wildman–Crippen LogP) is 4.20. The maximum Gasteiger partial charge on any atom is 0.137 e. The van der Waals surface area contributed by atoms with Crippen molar-refractivity contribution in [3.63, 3.8) is 0 Å². The monoisotopic (exact) mass is 481 g/mol. The van der Waals surface area contributed by atoms with E-state index in [1.807, 2.05) is 6.20 Å². The van der Waals surface area contributed by atoms with Crippen LogP contribution >= 0.6 is 15.9 Å². The Hall–Kier alpha value is -2.58. The minimum Gasteiger partial charge on any atom is -0.354 e. The van der Waals surface area contributed by atoms with E-state index < -0.39 is 0 Å². The van der Waals surface area contributed by atoms with Crippen LogP contribution < -0.4 is 5.32 Å². The molecule has 1 aliphatic rings. The van der Waals surface area contributed by atoms with Gasteiger partial charge in [0.1, 0.15) is 11.5 Å². The lowest BCUT2D eigenvalue weighted by atomic mass is 9.92. The van der Waals surface area contributed by atoms with Gasteiger partial charge < -0.3 is 15.2 Å². The third-order valence-electron chi connectivity index (χ3n) is 5.52. The predicted molar refractivity (Wildman–Crippen MR) is 131 cm³/mol. The minimum absolute atomic E-state index is 0.0274. The Balaban J connectivity index is 1.78.